The molecule has 0 aliphatic heterocycles. The number of aryl methyl sites for hydroxylation is 1. The molecule has 1 heterocycles. The predicted molar refractivity (Wildman–Crippen MR) is 75.8 cm³/mol. The van der Waals surface area contributed by atoms with Crippen molar-refractivity contribution in [2.75, 3.05) is 13.7 Å². The molecule has 1 aromatic rings. The Hall–Kier alpha value is -0.380. The average molecular weight is 255 g/mol. The summed E-state index contributed by atoms with van der Waals surface area (Å²) in [7, 11) is 1.82. The molecule has 1 N–H and O–H groups in total. The molecule has 17 heavy (non-hydrogen) atoms. The highest BCUT2D eigenvalue weighted by molar-refractivity contribution is 7.09. The number of rotatable bonds is 9. The lowest BCUT2D eigenvalue weighted by atomic mass is 10.0. The summed E-state index contributed by atoms with van der Waals surface area (Å²) in [6.45, 7) is 5.48. The fourth-order valence-corrected chi connectivity index (χ4v) is 2.84. The molecule has 1 rings (SSSR count). The molecule has 98 valence electrons. The molecule has 0 aliphatic carbocycles. The van der Waals surface area contributed by atoms with E-state index in [1.165, 1.54) is 11.3 Å². The average Bonchev–Trinajstić information content (AvgIpc) is 2.86. The molecule has 0 saturated carbocycles. The van der Waals surface area contributed by atoms with Gasteiger partial charge in [-0.05, 0) is 43.7 Å². The number of methoxy groups -OCH3 is 1. The number of ether oxygens (including phenoxy) is 1. The zero-order valence-corrected chi connectivity index (χ0v) is 12.1. The summed E-state index contributed by atoms with van der Waals surface area (Å²) in [5, 5.41) is 5.76. The van der Waals surface area contributed by atoms with Crippen molar-refractivity contribution in [1.29, 1.82) is 0 Å². The zero-order chi connectivity index (χ0) is 12.5. The van der Waals surface area contributed by atoms with Gasteiger partial charge in [0.15, 0.2) is 0 Å². The van der Waals surface area contributed by atoms with Crippen molar-refractivity contribution in [3.8, 4) is 0 Å². The first-order valence-corrected chi connectivity index (χ1v) is 7.48. The van der Waals surface area contributed by atoms with E-state index in [0.29, 0.717) is 12.1 Å². The normalized spacial score (nSPS) is 14.8. The van der Waals surface area contributed by atoms with Crippen LogP contribution >= 0.6 is 11.3 Å². The highest BCUT2D eigenvalue weighted by Gasteiger charge is 2.18. The van der Waals surface area contributed by atoms with Gasteiger partial charge in [0.25, 0.3) is 0 Å². The molecule has 0 amide bonds. The first-order valence-electron chi connectivity index (χ1n) is 6.60. The van der Waals surface area contributed by atoms with Gasteiger partial charge >= 0.3 is 0 Å². The second-order valence-electron chi connectivity index (χ2n) is 4.36. The molecule has 0 radical (unpaired) electrons. The molecule has 0 saturated heterocycles. The van der Waals surface area contributed by atoms with E-state index in [9.17, 15) is 0 Å². The van der Waals surface area contributed by atoms with Crippen LogP contribution in [0.3, 0.4) is 0 Å². The topological polar surface area (TPSA) is 21.3 Å². The van der Waals surface area contributed by atoms with Crippen molar-refractivity contribution in [1.82, 2.24) is 5.32 Å². The summed E-state index contributed by atoms with van der Waals surface area (Å²) in [6, 6.07) is 4.82. The van der Waals surface area contributed by atoms with Gasteiger partial charge in [-0.15, -0.1) is 11.3 Å². The van der Waals surface area contributed by atoms with E-state index in [4.69, 9.17) is 4.74 Å². The van der Waals surface area contributed by atoms with Crippen molar-refractivity contribution >= 4 is 11.3 Å². The Morgan fingerprint density at radius 1 is 1.41 bits per heavy atom. The van der Waals surface area contributed by atoms with Crippen molar-refractivity contribution in [2.24, 2.45) is 0 Å². The summed E-state index contributed by atoms with van der Waals surface area (Å²) in [4.78, 5) is 1.47. The van der Waals surface area contributed by atoms with Crippen LogP contribution in [0.4, 0.5) is 0 Å². The van der Waals surface area contributed by atoms with Crippen LogP contribution in [0.5, 0.6) is 0 Å². The van der Waals surface area contributed by atoms with E-state index < -0.39 is 0 Å². The molecular formula is C14H25NOS. The molecule has 0 bridgehead atoms. The number of hydrogen-bond acceptors (Lipinski definition) is 3. The molecule has 2 nitrogen and oxygen atoms in total. The van der Waals surface area contributed by atoms with Crippen LogP contribution in [0.2, 0.25) is 0 Å². The van der Waals surface area contributed by atoms with Crippen molar-refractivity contribution in [2.45, 2.75) is 51.7 Å². The maximum atomic E-state index is 5.57. The minimum absolute atomic E-state index is 0.335. The molecule has 0 spiro atoms. The van der Waals surface area contributed by atoms with Gasteiger partial charge in [-0.1, -0.05) is 19.9 Å². The minimum atomic E-state index is 0.335. The Balaban J connectivity index is 2.44. The van der Waals surface area contributed by atoms with Crippen LogP contribution in [0.25, 0.3) is 0 Å². The van der Waals surface area contributed by atoms with Crippen LogP contribution in [0.15, 0.2) is 17.5 Å². The molecule has 0 aromatic carbocycles. The summed E-state index contributed by atoms with van der Waals surface area (Å²) in [5.74, 6) is 0. The monoisotopic (exact) mass is 255 g/mol. The third-order valence-corrected chi connectivity index (χ3v) is 4.03. The quantitative estimate of drug-likeness (QED) is 0.729. The van der Waals surface area contributed by atoms with Crippen molar-refractivity contribution in [3.63, 3.8) is 0 Å². The van der Waals surface area contributed by atoms with Gasteiger partial charge in [-0.3, -0.25) is 0 Å². The van der Waals surface area contributed by atoms with E-state index >= 15 is 0 Å². The van der Waals surface area contributed by atoms with E-state index in [0.717, 1.165) is 25.8 Å². The smallest absolute Gasteiger partial charge is 0.0721 e. The van der Waals surface area contributed by atoms with Crippen molar-refractivity contribution < 1.29 is 4.74 Å². The predicted octanol–water partition coefficient (Wildman–Crippen LogP) is 3.47. The fourth-order valence-electron chi connectivity index (χ4n) is 2.12. The SMILES string of the molecule is CCCNC(CCc1cccs1)C(CC)OC. The first kappa shape index (κ1) is 14.7. The van der Waals surface area contributed by atoms with E-state index in [1.54, 1.807) is 0 Å². The molecule has 3 heteroatoms. The van der Waals surface area contributed by atoms with Crippen molar-refractivity contribution in [3.05, 3.63) is 22.4 Å². The van der Waals surface area contributed by atoms with Gasteiger partial charge in [0.05, 0.1) is 6.10 Å². The molecule has 0 aliphatic rings. The third-order valence-electron chi connectivity index (χ3n) is 3.09. The number of nitrogens with one attached hydrogen (secondary N) is 1. The largest absolute Gasteiger partial charge is 0.380 e. The lowest BCUT2D eigenvalue weighted by Gasteiger charge is -2.26. The fraction of sp³-hybridized carbons (Fsp3) is 0.714. The maximum absolute atomic E-state index is 5.57. The molecule has 2 atom stereocenters. The van der Waals surface area contributed by atoms with E-state index in [1.807, 2.05) is 18.4 Å². The molecule has 0 fully saturated rings. The van der Waals surface area contributed by atoms with E-state index in [-0.39, 0.29) is 0 Å². The van der Waals surface area contributed by atoms with Gasteiger partial charge in [-0.2, -0.15) is 0 Å². The highest BCUT2D eigenvalue weighted by Crippen LogP contribution is 2.15. The maximum Gasteiger partial charge on any atom is 0.0721 e. The Bertz CT molecular complexity index is 270. The standard InChI is InChI=1S/C14H25NOS/c1-4-10-15-13(14(5-2)16-3)9-8-12-7-6-11-17-12/h6-7,11,13-15H,4-5,8-10H2,1-3H3. The minimum Gasteiger partial charge on any atom is -0.380 e. The van der Waals surface area contributed by atoms with Gasteiger partial charge < -0.3 is 10.1 Å². The Morgan fingerprint density at radius 3 is 2.76 bits per heavy atom. The van der Waals surface area contributed by atoms with Gasteiger partial charge in [0.2, 0.25) is 0 Å². The summed E-state index contributed by atoms with van der Waals surface area (Å²) >= 11 is 1.85. The Labute approximate surface area is 109 Å². The second-order valence-corrected chi connectivity index (χ2v) is 5.39. The van der Waals surface area contributed by atoms with Gasteiger partial charge in [0.1, 0.15) is 0 Å². The Kier molecular flexibility index (Phi) is 7.49. The number of hydrogen-bond donors (Lipinski definition) is 1. The first-order chi connectivity index (χ1) is 8.31. The lowest BCUT2D eigenvalue weighted by molar-refractivity contribution is 0.0627. The summed E-state index contributed by atoms with van der Waals surface area (Å²) in [6.07, 6.45) is 4.89. The molecular weight excluding hydrogens is 230 g/mol. The Morgan fingerprint density at radius 2 is 2.24 bits per heavy atom. The second kappa shape index (κ2) is 8.67. The van der Waals surface area contributed by atoms with E-state index in [2.05, 4.69) is 36.7 Å². The zero-order valence-electron chi connectivity index (χ0n) is 11.2. The summed E-state index contributed by atoms with van der Waals surface area (Å²) in [5.41, 5.74) is 0. The van der Waals surface area contributed by atoms with Crippen LogP contribution in [0.1, 0.15) is 38.0 Å². The van der Waals surface area contributed by atoms with Crippen LogP contribution in [0, 0.1) is 0 Å². The third kappa shape index (κ3) is 5.19. The van der Waals surface area contributed by atoms with Crippen LogP contribution in [-0.4, -0.2) is 25.8 Å². The highest BCUT2D eigenvalue weighted by atomic mass is 32.1. The van der Waals surface area contributed by atoms with Gasteiger partial charge in [-0.25, -0.2) is 0 Å². The lowest BCUT2D eigenvalue weighted by Crippen LogP contribution is -2.41. The number of thiophene rings is 1. The van der Waals surface area contributed by atoms with Crippen LogP contribution < -0.4 is 5.32 Å². The van der Waals surface area contributed by atoms with Gasteiger partial charge in [0, 0.05) is 18.0 Å². The molecule has 1 aromatic heterocycles. The van der Waals surface area contributed by atoms with Crippen LogP contribution in [-0.2, 0) is 11.2 Å². The summed E-state index contributed by atoms with van der Waals surface area (Å²) < 4.78 is 5.57. The molecule has 2 unspecified atom stereocenters.